The van der Waals surface area contributed by atoms with Crippen LogP contribution in [0.25, 0.3) is 11.8 Å². The van der Waals surface area contributed by atoms with E-state index in [1.807, 2.05) is 71.3 Å². The molecule has 0 fully saturated rings. The van der Waals surface area contributed by atoms with E-state index in [-0.39, 0.29) is 18.4 Å². The van der Waals surface area contributed by atoms with Crippen LogP contribution in [0.2, 0.25) is 0 Å². The molecule has 0 bridgehead atoms. The highest BCUT2D eigenvalue weighted by Gasteiger charge is 2.32. The average Bonchev–Trinajstić information content (AvgIpc) is 3.66. The van der Waals surface area contributed by atoms with Crippen molar-refractivity contribution in [1.82, 2.24) is 4.57 Å². The maximum Gasteiger partial charge on any atom is 0.271 e. The van der Waals surface area contributed by atoms with E-state index >= 15 is 0 Å². The Bertz CT molecular complexity index is 2130. The number of ether oxygens (including phenoxy) is 4. The van der Waals surface area contributed by atoms with E-state index in [2.05, 4.69) is 30.3 Å². The lowest BCUT2D eigenvalue weighted by Crippen LogP contribution is -2.38. The summed E-state index contributed by atoms with van der Waals surface area (Å²) >= 11 is 1.43. The number of hydrogen-bond acceptors (Lipinski definition) is 7. The number of nitrogens with zero attached hydrogens (tertiary/aromatic N) is 2. The Morgan fingerprint density at radius 3 is 2.68 bits per heavy atom. The predicted octanol–water partition coefficient (Wildman–Crippen LogP) is 5.64. The van der Waals surface area contributed by atoms with Crippen LogP contribution in [0.15, 0.2) is 106 Å². The third-order valence-corrected chi connectivity index (χ3v) is 9.29. The van der Waals surface area contributed by atoms with E-state index in [1.54, 1.807) is 7.11 Å². The van der Waals surface area contributed by atoms with Crippen molar-refractivity contribution in [1.29, 1.82) is 0 Å². The normalized spacial score (nSPS) is 16.6. The number of aromatic nitrogens is 1. The van der Waals surface area contributed by atoms with Crippen molar-refractivity contribution in [3.63, 3.8) is 0 Å². The van der Waals surface area contributed by atoms with Crippen molar-refractivity contribution in [3.05, 3.63) is 144 Å². The molecular formula is C36H28N2O5S. The minimum atomic E-state index is -0.251. The first-order chi connectivity index (χ1) is 21.6. The summed E-state index contributed by atoms with van der Waals surface area (Å²) in [6, 6.07) is 29.8. The van der Waals surface area contributed by atoms with Crippen molar-refractivity contribution in [2.75, 3.05) is 13.9 Å². The standard InChI is InChI=1S/C36H28N2O5S/c1-40-27-7-4-6-25(19-27)34-29-15-12-24-5-2-3-8-28(24)33(29)37-36-38(34)35(39)32(44-36)18-22-9-13-26(14-10-22)41-20-23-11-16-30-31(17-23)43-21-42-30/h2-11,13-14,16-19,34H,12,15,20-21H2,1H3/b32-18+/t34-/m1/s1. The number of methoxy groups -OCH3 is 1. The van der Waals surface area contributed by atoms with Gasteiger partial charge in [-0.15, -0.1) is 0 Å². The van der Waals surface area contributed by atoms with Crippen molar-refractivity contribution in [2.45, 2.75) is 25.5 Å². The summed E-state index contributed by atoms with van der Waals surface area (Å²) in [7, 11) is 1.67. The lowest BCUT2D eigenvalue weighted by atomic mass is 9.83. The Labute approximate surface area is 257 Å². The largest absolute Gasteiger partial charge is 0.497 e. The molecule has 7 nitrogen and oxygen atoms in total. The summed E-state index contributed by atoms with van der Waals surface area (Å²) in [5.41, 5.74) is 7.47. The van der Waals surface area contributed by atoms with Gasteiger partial charge in [-0.05, 0) is 83.1 Å². The molecule has 0 radical (unpaired) electrons. The molecule has 1 atom stereocenters. The first-order valence-corrected chi connectivity index (χ1v) is 15.3. The quantitative estimate of drug-likeness (QED) is 0.253. The zero-order valence-electron chi connectivity index (χ0n) is 24.0. The van der Waals surface area contributed by atoms with Gasteiger partial charge >= 0.3 is 0 Å². The van der Waals surface area contributed by atoms with Gasteiger partial charge < -0.3 is 18.9 Å². The molecule has 0 N–H and O–H groups in total. The van der Waals surface area contributed by atoms with Crippen molar-refractivity contribution in [2.24, 2.45) is 4.99 Å². The maximum atomic E-state index is 14.1. The fourth-order valence-electron chi connectivity index (χ4n) is 6.14. The first kappa shape index (κ1) is 26.5. The molecule has 0 saturated heterocycles. The number of thiazole rings is 1. The van der Waals surface area contributed by atoms with E-state index in [0.29, 0.717) is 15.9 Å². The Kier molecular flexibility index (Phi) is 6.56. The van der Waals surface area contributed by atoms with Crippen LogP contribution in [0, 0.1) is 0 Å². The van der Waals surface area contributed by atoms with Gasteiger partial charge in [-0.3, -0.25) is 9.36 Å². The highest BCUT2D eigenvalue weighted by atomic mass is 32.1. The van der Waals surface area contributed by atoms with Crippen LogP contribution in [0.5, 0.6) is 23.0 Å². The topological polar surface area (TPSA) is 71.3 Å². The molecule has 1 aliphatic carbocycles. The fraction of sp³-hybridized carbons (Fsp3) is 0.167. The molecule has 2 aliphatic heterocycles. The minimum absolute atomic E-state index is 0.0462. The Balaban J connectivity index is 1.14. The lowest BCUT2D eigenvalue weighted by Gasteiger charge is -2.31. The number of aryl methyl sites for hydroxylation is 1. The molecule has 3 aliphatic rings. The summed E-state index contributed by atoms with van der Waals surface area (Å²) in [5, 5.41) is 0. The van der Waals surface area contributed by atoms with Gasteiger partial charge in [0.25, 0.3) is 5.56 Å². The van der Waals surface area contributed by atoms with Crippen LogP contribution in [0.1, 0.15) is 40.3 Å². The molecular weight excluding hydrogens is 572 g/mol. The second-order valence-corrected chi connectivity index (χ2v) is 11.9. The van der Waals surface area contributed by atoms with Gasteiger partial charge in [0.05, 0.1) is 23.4 Å². The molecule has 4 aromatic carbocycles. The average molecular weight is 601 g/mol. The van der Waals surface area contributed by atoms with E-state index in [4.69, 9.17) is 23.9 Å². The van der Waals surface area contributed by atoms with Crippen molar-refractivity contribution >= 4 is 23.1 Å². The van der Waals surface area contributed by atoms with E-state index in [9.17, 15) is 4.79 Å². The molecule has 218 valence electrons. The Morgan fingerprint density at radius 2 is 1.80 bits per heavy atom. The van der Waals surface area contributed by atoms with Crippen molar-refractivity contribution in [3.8, 4) is 23.0 Å². The van der Waals surface area contributed by atoms with Crippen LogP contribution in [-0.2, 0) is 13.0 Å². The number of allylic oxidation sites excluding steroid dienone is 1. The molecule has 0 saturated carbocycles. The van der Waals surface area contributed by atoms with Gasteiger partial charge in [0.2, 0.25) is 6.79 Å². The summed E-state index contributed by atoms with van der Waals surface area (Å²) < 4.78 is 24.9. The van der Waals surface area contributed by atoms with E-state index < -0.39 is 0 Å². The van der Waals surface area contributed by atoms with Crippen LogP contribution in [-0.4, -0.2) is 18.5 Å². The van der Waals surface area contributed by atoms with Crippen LogP contribution in [0.4, 0.5) is 0 Å². The summed E-state index contributed by atoms with van der Waals surface area (Å²) in [6.45, 7) is 0.656. The lowest BCUT2D eigenvalue weighted by molar-refractivity contribution is 0.174. The van der Waals surface area contributed by atoms with E-state index in [1.165, 1.54) is 22.5 Å². The van der Waals surface area contributed by atoms with Crippen LogP contribution >= 0.6 is 11.3 Å². The second-order valence-electron chi connectivity index (χ2n) is 10.9. The number of rotatable bonds is 6. The van der Waals surface area contributed by atoms with Crippen molar-refractivity contribution < 1.29 is 18.9 Å². The third-order valence-electron chi connectivity index (χ3n) is 8.30. The summed E-state index contributed by atoms with van der Waals surface area (Å²) in [6.07, 6.45) is 3.69. The van der Waals surface area contributed by atoms with Gasteiger partial charge in [0.15, 0.2) is 16.3 Å². The molecule has 8 rings (SSSR count). The van der Waals surface area contributed by atoms with Crippen LogP contribution in [0.3, 0.4) is 0 Å². The molecule has 3 heterocycles. The predicted molar refractivity (Wildman–Crippen MR) is 169 cm³/mol. The van der Waals surface area contributed by atoms with Gasteiger partial charge in [-0.2, -0.15) is 0 Å². The molecule has 0 amide bonds. The molecule has 5 aromatic rings. The smallest absolute Gasteiger partial charge is 0.271 e. The maximum absolute atomic E-state index is 14.1. The first-order valence-electron chi connectivity index (χ1n) is 14.5. The van der Waals surface area contributed by atoms with Gasteiger partial charge in [-0.25, -0.2) is 4.99 Å². The molecule has 0 unspecified atom stereocenters. The molecule has 0 spiro atoms. The van der Waals surface area contributed by atoms with Crippen LogP contribution < -0.4 is 33.8 Å². The fourth-order valence-corrected chi connectivity index (χ4v) is 7.14. The molecule has 1 aromatic heterocycles. The number of benzene rings is 4. The van der Waals surface area contributed by atoms with E-state index in [0.717, 1.165) is 63.8 Å². The zero-order chi connectivity index (χ0) is 29.6. The minimum Gasteiger partial charge on any atom is -0.497 e. The highest BCUT2D eigenvalue weighted by Crippen LogP contribution is 2.41. The zero-order valence-corrected chi connectivity index (χ0v) is 24.8. The SMILES string of the molecule is COc1cccc([C@@H]2C3=C(N=c4s/c(=C/c5ccc(OCc6ccc7c(c6)OCO7)cc5)c(=O)n42)c2ccccc2CC3)c1. The molecule has 8 heteroatoms. The number of hydrogen-bond donors (Lipinski definition) is 0. The third kappa shape index (κ3) is 4.68. The monoisotopic (exact) mass is 600 g/mol. The highest BCUT2D eigenvalue weighted by molar-refractivity contribution is 7.07. The Morgan fingerprint density at radius 1 is 0.932 bits per heavy atom. The van der Waals surface area contributed by atoms with Gasteiger partial charge in [0, 0.05) is 5.56 Å². The summed E-state index contributed by atoms with van der Waals surface area (Å²) in [4.78, 5) is 19.9. The molecule has 44 heavy (non-hydrogen) atoms. The Hall–Kier alpha value is -5.08. The second kappa shape index (κ2) is 10.9. The van der Waals surface area contributed by atoms with Gasteiger partial charge in [-0.1, -0.05) is 65.9 Å². The summed E-state index contributed by atoms with van der Waals surface area (Å²) in [5.74, 6) is 3.00. The number of fused-ring (bicyclic) bond motifs is 4. The van der Waals surface area contributed by atoms with Gasteiger partial charge in [0.1, 0.15) is 18.1 Å².